The van der Waals surface area contributed by atoms with Crippen molar-refractivity contribution in [3.05, 3.63) is 101 Å². The number of furan rings is 2. The van der Waals surface area contributed by atoms with E-state index < -0.39 is 6.04 Å². The van der Waals surface area contributed by atoms with Crippen LogP contribution < -0.4 is 10.1 Å². The molecule has 0 saturated carbocycles. The highest BCUT2D eigenvalue weighted by Crippen LogP contribution is 2.26. The predicted octanol–water partition coefficient (Wildman–Crippen LogP) is 4.57. The van der Waals surface area contributed by atoms with E-state index in [1.807, 2.05) is 41.8 Å². The Kier molecular flexibility index (Phi) is 7.26. The maximum Gasteiger partial charge on any atom is 0.251 e. The van der Waals surface area contributed by atoms with Gasteiger partial charge in [0, 0.05) is 11.4 Å². The third kappa shape index (κ3) is 5.72. The monoisotopic (exact) mass is 464 g/mol. The molecule has 0 radical (unpaired) electrons. The second-order valence-corrected chi connectivity index (χ2v) is 8.37. The van der Waals surface area contributed by atoms with E-state index in [9.17, 15) is 9.59 Å². The summed E-state index contributed by atoms with van der Waals surface area (Å²) in [6.45, 7) is 0.437. The number of methoxy groups -OCH3 is 1. The standard InChI is InChI=1S/C25H24N2O5S/c1-30-19-10-8-18(9-11-19)16-26-25(29)24(22-7-3-13-32-22)27(17-20-5-2-12-31-20)23(28)15-21-6-4-14-33-21/h2-14,24H,15-17H2,1H3,(H,26,29)/t24-/m0/s1. The van der Waals surface area contributed by atoms with E-state index in [0.29, 0.717) is 18.1 Å². The lowest BCUT2D eigenvalue weighted by Crippen LogP contribution is -2.43. The van der Waals surface area contributed by atoms with E-state index in [4.69, 9.17) is 13.6 Å². The summed E-state index contributed by atoms with van der Waals surface area (Å²) < 4.78 is 16.2. The number of benzene rings is 1. The van der Waals surface area contributed by atoms with Gasteiger partial charge in [0.1, 0.15) is 17.3 Å². The molecule has 0 fully saturated rings. The fourth-order valence-corrected chi connectivity index (χ4v) is 4.15. The molecule has 3 aromatic heterocycles. The predicted molar refractivity (Wildman–Crippen MR) is 124 cm³/mol. The Morgan fingerprint density at radius 3 is 2.45 bits per heavy atom. The SMILES string of the molecule is COc1ccc(CNC(=O)[C@H](c2ccco2)N(Cc2ccco2)C(=O)Cc2cccs2)cc1. The lowest BCUT2D eigenvalue weighted by atomic mass is 10.1. The van der Waals surface area contributed by atoms with Crippen molar-refractivity contribution in [2.24, 2.45) is 0 Å². The highest BCUT2D eigenvalue weighted by Gasteiger charge is 2.34. The van der Waals surface area contributed by atoms with E-state index in [0.717, 1.165) is 16.2 Å². The van der Waals surface area contributed by atoms with Crippen LogP contribution in [0.2, 0.25) is 0 Å². The summed E-state index contributed by atoms with van der Waals surface area (Å²) >= 11 is 1.50. The van der Waals surface area contributed by atoms with E-state index in [2.05, 4.69) is 5.32 Å². The average molecular weight is 465 g/mol. The molecule has 170 valence electrons. The van der Waals surface area contributed by atoms with Crippen molar-refractivity contribution in [3.63, 3.8) is 0 Å². The highest BCUT2D eigenvalue weighted by molar-refractivity contribution is 7.10. The van der Waals surface area contributed by atoms with Gasteiger partial charge in [-0.2, -0.15) is 0 Å². The molecule has 0 spiro atoms. The van der Waals surface area contributed by atoms with Crippen LogP contribution in [0.25, 0.3) is 0 Å². The molecule has 7 nitrogen and oxygen atoms in total. The number of hydrogen-bond donors (Lipinski definition) is 1. The number of thiophene rings is 1. The summed E-state index contributed by atoms with van der Waals surface area (Å²) in [7, 11) is 1.60. The third-order valence-electron chi connectivity index (χ3n) is 5.13. The minimum Gasteiger partial charge on any atom is -0.497 e. The van der Waals surface area contributed by atoms with Gasteiger partial charge in [-0.15, -0.1) is 11.3 Å². The fourth-order valence-electron chi connectivity index (χ4n) is 3.46. The Bertz CT molecular complexity index is 1140. The molecule has 1 N–H and O–H groups in total. The summed E-state index contributed by atoms with van der Waals surface area (Å²) in [5, 5.41) is 4.86. The molecule has 0 aliphatic rings. The summed E-state index contributed by atoms with van der Waals surface area (Å²) in [5.41, 5.74) is 0.907. The first-order valence-electron chi connectivity index (χ1n) is 10.4. The topological polar surface area (TPSA) is 84.9 Å². The van der Waals surface area contributed by atoms with Crippen LogP contribution >= 0.6 is 11.3 Å². The molecular weight excluding hydrogens is 440 g/mol. The zero-order valence-electron chi connectivity index (χ0n) is 18.1. The minimum atomic E-state index is -0.948. The quantitative estimate of drug-likeness (QED) is 0.372. The van der Waals surface area contributed by atoms with Crippen LogP contribution in [0.5, 0.6) is 5.75 Å². The maximum absolute atomic E-state index is 13.4. The van der Waals surface area contributed by atoms with Gasteiger partial charge in [-0.25, -0.2) is 0 Å². The molecule has 8 heteroatoms. The Morgan fingerprint density at radius 1 is 1.03 bits per heavy atom. The van der Waals surface area contributed by atoms with Crippen LogP contribution in [-0.4, -0.2) is 23.8 Å². The first kappa shape index (κ1) is 22.4. The van der Waals surface area contributed by atoms with Gasteiger partial charge in [-0.05, 0) is 53.4 Å². The lowest BCUT2D eigenvalue weighted by Gasteiger charge is -2.29. The van der Waals surface area contributed by atoms with Gasteiger partial charge in [0.15, 0.2) is 6.04 Å². The van der Waals surface area contributed by atoms with Crippen molar-refractivity contribution in [3.8, 4) is 5.75 Å². The van der Waals surface area contributed by atoms with Crippen LogP contribution in [0, 0.1) is 0 Å². The van der Waals surface area contributed by atoms with Gasteiger partial charge in [0.05, 0.1) is 32.6 Å². The van der Waals surface area contributed by atoms with Crippen LogP contribution in [0.3, 0.4) is 0 Å². The molecule has 1 aromatic carbocycles. The number of rotatable bonds is 10. The number of hydrogen-bond acceptors (Lipinski definition) is 6. The number of nitrogens with zero attached hydrogens (tertiary/aromatic N) is 1. The molecule has 0 aliphatic heterocycles. The number of amides is 2. The maximum atomic E-state index is 13.4. The Morgan fingerprint density at radius 2 is 1.82 bits per heavy atom. The summed E-state index contributed by atoms with van der Waals surface area (Å²) in [6.07, 6.45) is 3.22. The molecule has 3 heterocycles. The lowest BCUT2D eigenvalue weighted by molar-refractivity contribution is -0.142. The molecular formula is C25H24N2O5S. The number of nitrogens with one attached hydrogen (secondary N) is 1. The Balaban J connectivity index is 1.58. The van der Waals surface area contributed by atoms with Gasteiger partial charge < -0.3 is 23.8 Å². The van der Waals surface area contributed by atoms with Gasteiger partial charge in [0.2, 0.25) is 5.91 Å². The first-order chi connectivity index (χ1) is 16.1. The number of carbonyl (C=O) groups excluding carboxylic acids is 2. The summed E-state index contributed by atoms with van der Waals surface area (Å²) in [4.78, 5) is 29.2. The molecule has 0 bridgehead atoms. The second kappa shape index (κ2) is 10.7. The molecule has 0 saturated heterocycles. The smallest absolute Gasteiger partial charge is 0.251 e. The number of carbonyl (C=O) groups is 2. The van der Waals surface area contributed by atoms with E-state index in [1.165, 1.54) is 22.5 Å². The molecule has 2 amide bonds. The number of ether oxygens (including phenoxy) is 1. The normalized spacial score (nSPS) is 11.7. The third-order valence-corrected chi connectivity index (χ3v) is 6.01. The Labute approximate surface area is 195 Å². The van der Waals surface area contributed by atoms with Crippen molar-refractivity contribution >= 4 is 23.2 Å². The molecule has 4 rings (SSSR count). The zero-order chi connectivity index (χ0) is 23.0. The van der Waals surface area contributed by atoms with Crippen LogP contribution in [-0.2, 0) is 29.1 Å². The molecule has 0 unspecified atom stereocenters. The Hall–Kier alpha value is -3.78. The highest BCUT2D eigenvalue weighted by atomic mass is 32.1. The van der Waals surface area contributed by atoms with Crippen molar-refractivity contribution < 1.29 is 23.2 Å². The summed E-state index contributed by atoms with van der Waals surface area (Å²) in [5.74, 6) is 1.16. The van der Waals surface area contributed by atoms with Gasteiger partial charge in [-0.3, -0.25) is 9.59 Å². The first-order valence-corrected chi connectivity index (χ1v) is 11.3. The van der Waals surface area contributed by atoms with E-state index in [1.54, 1.807) is 37.6 Å². The van der Waals surface area contributed by atoms with Crippen LogP contribution in [0.15, 0.2) is 87.4 Å². The molecule has 0 aliphatic carbocycles. The zero-order valence-corrected chi connectivity index (χ0v) is 18.9. The second-order valence-electron chi connectivity index (χ2n) is 7.34. The van der Waals surface area contributed by atoms with Gasteiger partial charge in [-0.1, -0.05) is 18.2 Å². The molecule has 4 aromatic rings. The van der Waals surface area contributed by atoms with Crippen molar-refractivity contribution in [2.75, 3.05) is 7.11 Å². The van der Waals surface area contributed by atoms with Crippen molar-refractivity contribution in [1.29, 1.82) is 0 Å². The molecule has 33 heavy (non-hydrogen) atoms. The molecule has 1 atom stereocenters. The largest absolute Gasteiger partial charge is 0.497 e. The van der Waals surface area contributed by atoms with Crippen LogP contribution in [0.4, 0.5) is 0 Å². The summed E-state index contributed by atoms with van der Waals surface area (Å²) in [6, 6.07) is 17.2. The van der Waals surface area contributed by atoms with E-state index in [-0.39, 0.29) is 24.8 Å². The van der Waals surface area contributed by atoms with Crippen molar-refractivity contribution in [1.82, 2.24) is 10.2 Å². The van der Waals surface area contributed by atoms with Crippen LogP contribution in [0.1, 0.15) is 28.0 Å². The van der Waals surface area contributed by atoms with Crippen molar-refractivity contribution in [2.45, 2.75) is 25.6 Å². The van der Waals surface area contributed by atoms with E-state index >= 15 is 0 Å². The fraction of sp³-hybridized carbons (Fsp3) is 0.200. The minimum absolute atomic E-state index is 0.137. The van der Waals surface area contributed by atoms with Gasteiger partial charge in [0.25, 0.3) is 5.91 Å². The van der Waals surface area contributed by atoms with Gasteiger partial charge >= 0.3 is 0 Å². The average Bonchev–Trinajstić information content (AvgIpc) is 3.62.